The number of anilines is 1. The lowest BCUT2D eigenvalue weighted by molar-refractivity contribution is -0.118. The summed E-state index contributed by atoms with van der Waals surface area (Å²) in [6.45, 7) is 0.469. The standard InChI is InChI=1S/C25H20N2O6/c28-23(12-21-16-5-1-2-6-17(16)25(30)33-21)27-19-8-4-3-7-18(19)24(29)26-13-15-9-10-20-22(11-15)32-14-31-20/h1-11,21H,12-14H2,(H,26,29)(H,27,28). The van der Waals surface area contributed by atoms with Gasteiger partial charge in [0, 0.05) is 12.1 Å². The highest BCUT2D eigenvalue weighted by Crippen LogP contribution is 2.34. The summed E-state index contributed by atoms with van der Waals surface area (Å²) >= 11 is 0. The summed E-state index contributed by atoms with van der Waals surface area (Å²) in [5.41, 5.74) is 2.72. The maximum absolute atomic E-state index is 12.8. The molecular weight excluding hydrogens is 424 g/mol. The molecule has 2 aliphatic rings. The second kappa shape index (κ2) is 8.66. The molecule has 33 heavy (non-hydrogen) atoms. The molecule has 1 unspecified atom stereocenters. The molecule has 2 amide bonds. The molecule has 3 aromatic rings. The molecule has 5 rings (SSSR count). The van der Waals surface area contributed by atoms with Crippen molar-refractivity contribution in [3.8, 4) is 11.5 Å². The number of amides is 2. The third-order valence-corrected chi connectivity index (χ3v) is 5.48. The van der Waals surface area contributed by atoms with Crippen molar-refractivity contribution < 1.29 is 28.6 Å². The zero-order chi connectivity index (χ0) is 22.8. The van der Waals surface area contributed by atoms with Gasteiger partial charge in [0.15, 0.2) is 11.5 Å². The highest BCUT2D eigenvalue weighted by molar-refractivity contribution is 6.04. The number of ether oxygens (including phenoxy) is 3. The van der Waals surface area contributed by atoms with Crippen molar-refractivity contribution >= 4 is 23.5 Å². The fourth-order valence-corrected chi connectivity index (χ4v) is 3.86. The number of hydrogen-bond acceptors (Lipinski definition) is 6. The van der Waals surface area contributed by atoms with Gasteiger partial charge in [-0.3, -0.25) is 9.59 Å². The number of carbonyl (C=O) groups is 3. The summed E-state index contributed by atoms with van der Waals surface area (Å²) in [5, 5.41) is 5.62. The molecule has 1 atom stereocenters. The number of carbonyl (C=O) groups excluding carboxylic acids is 3. The van der Waals surface area contributed by atoms with E-state index in [-0.39, 0.29) is 31.6 Å². The van der Waals surface area contributed by atoms with Gasteiger partial charge in [0.2, 0.25) is 12.7 Å². The van der Waals surface area contributed by atoms with Crippen LogP contribution in [0.1, 0.15) is 44.4 Å². The quantitative estimate of drug-likeness (QED) is 0.564. The molecule has 0 saturated carbocycles. The summed E-state index contributed by atoms with van der Waals surface area (Å²) in [7, 11) is 0. The van der Waals surface area contributed by atoms with Gasteiger partial charge in [-0.15, -0.1) is 0 Å². The molecule has 2 N–H and O–H groups in total. The highest BCUT2D eigenvalue weighted by Gasteiger charge is 2.32. The number of hydrogen-bond donors (Lipinski definition) is 2. The predicted octanol–water partition coefficient (Wildman–Crippen LogP) is 3.59. The van der Waals surface area contributed by atoms with Gasteiger partial charge in [0.05, 0.1) is 23.2 Å². The van der Waals surface area contributed by atoms with E-state index in [0.29, 0.717) is 33.9 Å². The van der Waals surface area contributed by atoms with Crippen LogP contribution in [0.15, 0.2) is 66.7 Å². The van der Waals surface area contributed by atoms with Crippen LogP contribution >= 0.6 is 0 Å². The van der Waals surface area contributed by atoms with Crippen LogP contribution in [0.5, 0.6) is 11.5 Å². The smallest absolute Gasteiger partial charge is 0.339 e. The normalized spacial score (nSPS) is 15.5. The molecule has 8 heteroatoms. The predicted molar refractivity (Wildman–Crippen MR) is 118 cm³/mol. The van der Waals surface area contributed by atoms with Crippen LogP contribution in [0.25, 0.3) is 0 Å². The summed E-state index contributed by atoms with van der Waals surface area (Å²) < 4.78 is 16.0. The van der Waals surface area contributed by atoms with Crippen LogP contribution in [0.3, 0.4) is 0 Å². The van der Waals surface area contributed by atoms with E-state index in [2.05, 4.69) is 10.6 Å². The number of rotatable bonds is 6. The van der Waals surface area contributed by atoms with E-state index in [1.54, 1.807) is 54.6 Å². The second-order valence-corrected chi connectivity index (χ2v) is 7.65. The molecule has 0 aliphatic carbocycles. The van der Waals surface area contributed by atoms with Crippen molar-refractivity contribution in [1.82, 2.24) is 5.32 Å². The zero-order valence-corrected chi connectivity index (χ0v) is 17.5. The molecule has 8 nitrogen and oxygen atoms in total. The monoisotopic (exact) mass is 444 g/mol. The zero-order valence-electron chi connectivity index (χ0n) is 17.5. The van der Waals surface area contributed by atoms with E-state index in [0.717, 1.165) is 5.56 Å². The maximum atomic E-state index is 12.8. The van der Waals surface area contributed by atoms with Crippen LogP contribution < -0.4 is 20.1 Å². The molecule has 0 bridgehead atoms. The van der Waals surface area contributed by atoms with E-state index in [4.69, 9.17) is 14.2 Å². The van der Waals surface area contributed by atoms with Crippen LogP contribution in [-0.2, 0) is 16.1 Å². The molecule has 0 fully saturated rings. The molecular formula is C25H20N2O6. The average molecular weight is 444 g/mol. The first kappa shape index (κ1) is 20.6. The van der Waals surface area contributed by atoms with Gasteiger partial charge in [-0.1, -0.05) is 36.4 Å². The average Bonchev–Trinajstić information content (AvgIpc) is 3.42. The SMILES string of the molecule is O=C(CC1OC(=O)c2ccccc21)Nc1ccccc1C(=O)NCc1ccc2c(c1)OCO2. The van der Waals surface area contributed by atoms with Crippen LogP contribution in [0.4, 0.5) is 5.69 Å². The highest BCUT2D eigenvalue weighted by atomic mass is 16.7. The van der Waals surface area contributed by atoms with Gasteiger partial charge in [-0.2, -0.15) is 0 Å². The van der Waals surface area contributed by atoms with Gasteiger partial charge >= 0.3 is 5.97 Å². The molecule has 0 spiro atoms. The summed E-state index contributed by atoms with van der Waals surface area (Å²) in [5.74, 6) is 0.186. The number of esters is 1. The number of benzene rings is 3. The lowest BCUT2D eigenvalue weighted by Gasteiger charge is -2.14. The maximum Gasteiger partial charge on any atom is 0.339 e. The first-order valence-corrected chi connectivity index (χ1v) is 10.4. The Morgan fingerprint density at radius 3 is 2.64 bits per heavy atom. The second-order valence-electron chi connectivity index (χ2n) is 7.65. The molecule has 0 saturated heterocycles. The van der Waals surface area contributed by atoms with Crippen molar-refractivity contribution in [2.75, 3.05) is 12.1 Å². The fraction of sp³-hybridized carbons (Fsp3) is 0.160. The van der Waals surface area contributed by atoms with Crippen molar-refractivity contribution in [3.63, 3.8) is 0 Å². The minimum absolute atomic E-state index is 0.0457. The number of para-hydroxylation sites is 1. The van der Waals surface area contributed by atoms with Gasteiger partial charge in [-0.25, -0.2) is 4.79 Å². The third-order valence-electron chi connectivity index (χ3n) is 5.48. The topological polar surface area (TPSA) is 103 Å². The minimum atomic E-state index is -0.652. The lowest BCUT2D eigenvalue weighted by Crippen LogP contribution is -2.25. The van der Waals surface area contributed by atoms with E-state index >= 15 is 0 Å². The van der Waals surface area contributed by atoms with E-state index in [1.807, 2.05) is 12.1 Å². The summed E-state index contributed by atoms with van der Waals surface area (Å²) in [6.07, 6.45) is -0.698. The Bertz CT molecular complexity index is 1260. The number of cyclic esters (lactones) is 1. The molecule has 0 radical (unpaired) electrons. The summed E-state index contributed by atoms with van der Waals surface area (Å²) in [6, 6.07) is 19.2. The third kappa shape index (κ3) is 4.23. The van der Waals surface area contributed by atoms with Crippen molar-refractivity contribution in [2.45, 2.75) is 19.1 Å². The van der Waals surface area contributed by atoms with Crippen LogP contribution in [-0.4, -0.2) is 24.6 Å². The molecule has 3 aromatic carbocycles. The van der Waals surface area contributed by atoms with E-state index < -0.39 is 12.1 Å². The summed E-state index contributed by atoms with van der Waals surface area (Å²) in [4.78, 5) is 37.5. The van der Waals surface area contributed by atoms with Crippen molar-refractivity contribution in [2.24, 2.45) is 0 Å². The Hall–Kier alpha value is -4.33. The van der Waals surface area contributed by atoms with E-state index in [9.17, 15) is 14.4 Å². The van der Waals surface area contributed by atoms with Crippen molar-refractivity contribution in [1.29, 1.82) is 0 Å². The molecule has 2 heterocycles. The Kier molecular flexibility index (Phi) is 5.40. The number of nitrogens with one attached hydrogen (secondary N) is 2. The Balaban J connectivity index is 1.24. The van der Waals surface area contributed by atoms with Gasteiger partial charge in [-0.05, 0) is 35.9 Å². The fourth-order valence-electron chi connectivity index (χ4n) is 3.86. The van der Waals surface area contributed by atoms with Gasteiger partial charge in [0.1, 0.15) is 6.10 Å². The largest absolute Gasteiger partial charge is 0.454 e. The van der Waals surface area contributed by atoms with Gasteiger partial charge < -0.3 is 24.8 Å². The van der Waals surface area contributed by atoms with Gasteiger partial charge in [0.25, 0.3) is 5.91 Å². The van der Waals surface area contributed by atoms with Crippen LogP contribution in [0, 0.1) is 0 Å². The first-order chi connectivity index (χ1) is 16.1. The molecule has 0 aromatic heterocycles. The lowest BCUT2D eigenvalue weighted by atomic mass is 10.0. The Labute approximate surface area is 189 Å². The first-order valence-electron chi connectivity index (χ1n) is 10.4. The van der Waals surface area contributed by atoms with Crippen LogP contribution in [0.2, 0.25) is 0 Å². The molecule has 2 aliphatic heterocycles. The van der Waals surface area contributed by atoms with E-state index in [1.165, 1.54) is 0 Å². The van der Waals surface area contributed by atoms with Crippen molar-refractivity contribution in [3.05, 3.63) is 89.0 Å². The Morgan fingerprint density at radius 1 is 0.939 bits per heavy atom. The number of fused-ring (bicyclic) bond motifs is 2. The minimum Gasteiger partial charge on any atom is -0.454 e. The molecule has 166 valence electrons. The Morgan fingerprint density at radius 2 is 1.73 bits per heavy atom.